The quantitative estimate of drug-likeness (QED) is 0.806. The van der Waals surface area contributed by atoms with Gasteiger partial charge in [-0.25, -0.2) is 4.39 Å². The van der Waals surface area contributed by atoms with Crippen molar-refractivity contribution in [1.82, 2.24) is 5.32 Å². The number of para-hydroxylation sites is 1. The third-order valence-corrected chi connectivity index (χ3v) is 3.45. The average molecular weight is 311 g/mol. The first-order valence-electron chi connectivity index (χ1n) is 7.19. The molecule has 0 saturated heterocycles. The predicted molar refractivity (Wildman–Crippen MR) is 84.9 cm³/mol. The van der Waals surface area contributed by atoms with Gasteiger partial charge in [0.2, 0.25) is 0 Å². The van der Waals surface area contributed by atoms with Crippen LogP contribution in [0.25, 0.3) is 11.0 Å². The van der Waals surface area contributed by atoms with E-state index in [0.717, 1.165) is 5.56 Å². The highest BCUT2D eigenvalue weighted by Crippen LogP contribution is 2.11. The van der Waals surface area contributed by atoms with Gasteiger partial charge < -0.3 is 9.73 Å². The molecule has 2 aromatic carbocycles. The van der Waals surface area contributed by atoms with Gasteiger partial charge in [-0.3, -0.25) is 9.59 Å². The topological polar surface area (TPSA) is 59.3 Å². The second kappa shape index (κ2) is 6.44. The van der Waals surface area contributed by atoms with E-state index in [2.05, 4.69) is 5.32 Å². The van der Waals surface area contributed by atoms with Crippen LogP contribution in [-0.2, 0) is 6.42 Å². The fourth-order valence-corrected chi connectivity index (χ4v) is 2.32. The lowest BCUT2D eigenvalue weighted by atomic mass is 10.1. The molecule has 5 heteroatoms. The van der Waals surface area contributed by atoms with E-state index in [0.29, 0.717) is 23.9 Å². The Balaban J connectivity index is 1.70. The molecule has 3 aromatic rings. The van der Waals surface area contributed by atoms with Crippen molar-refractivity contribution in [2.75, 3.05) is 6.54 Å². The van der Waals surface area contributed by atoms with Crippen molar-refractivity contribution in [3.05, 3.63) is 82.0 Å². The van der Waals surface area contributed by atoms with Crippen molar-refractivity contribution in [2.24, 2.45) is 0 Å². The van der Waals surface area contributed by atoms with E-state index in [4.69, 9.17) is 4.42 Å². The summed E-state index contributed by atoms with van der Waals surface area (Å²) in [5.74, 6) is -0.813. The second-order valence-electron chi connectivity index (χ2n) is 5.11. The number of nitrogens with one attached hydrogen (secondary N) is 1. The van der Waals surface area contributed by atoms with Crippen molar-refractivity contribution in [2.45, 2.75) is 6.42 Å². The summed E-state index contributed by atoms with van der Waals surface area (Å²) in [6, 6.07) is 14.1. The third-order valence-electron chi connectivity index (χ3n) is 3.45. The van der Waals surface area contributed by atoms with Crippen LogP contribution >= 0.6 is 0 Å². The molecule has 0 aliphatic heterocycles. The summed E-state index contributed by atoms with van der Waals surface area (Å²) in [5.41, 5.74) is 0.891. The van der Waals surface area contributed by atoms with Crippen molar-refractivity contribution in [3.63, 3.8) is 0 Å². The van der Waals surface area contributed by atoms with Gasteiger partial charge in [-0.05, 0) is 36.2 Å². The third kappa shape index (κ3) is 3.45. The molecule has 3 rings (SSSR count). The Bertz CT molecular complexity index is 917. The summed E-state index contributed by atoms with van der Waals surface area (Å²) in [4.78, 5) is 24.0. The van der Waals surface area contributed by atoms with Crippen LogP contribution in [0.3, 0.4) is 0 Å². The number of halogens is 1. The van der Waals surface area contributed by atoms with Gasteiger partial charge in [-0.2, -0.15) is 0 Å². The monoisotopic (exact) mass is 311 g/mol. The van der Waals surface area contributed by atoms with Gasteiger partial charge in [0.05, 0.1) is 5.39 Å². The highest BCUT2D eigenvalue weighted by molar-refractivity contribution is 5.93. The number of hydrogen-bond donors (Lipinski definition) is 1. The lowest BCUT2D eigenvalue weighted by Crippen LogP contribution is -2.26. The molecule has 0 atom stereocenters. The number of carbonyl (C=O) groups excluding carboxylic acids is 1. The largest absolute Gasteiger partial charge is 0.451 e. The first-order chi connectivity index (χ1) is 11.1. The molecule has 0 aliphatic rings. The van der Waals surface area contributed by atoms with Crippen LogP contribution in [0.5, 0.6) is 0 Å². The summed E-state index contributed by atoms with van der Waals surface area (Å²) in [5, 5.41) is 3.10. The number of amides is 1. The molecule has 0 unspecified atom stereocenters. The Morgan fingerprint density at radius 2 is 1.91 bits per heavy atom. The highest BCUT2D eigenvalue weighted by atomic mass is 19.1. The Morgan fingerprint density at radius 3 is 2.74 bits per heavy atom. The lowest BCUT2D eigenvalue weighted by Gasteiger charge is -2.06. The van der Waals surface area contributed by atoms with E-state index in [1.807, 2.05) is 0 Å². The molecule has 0 spiro atoms. The molecule has 0 aliphatic carbocycles. The predicted octanol–water partition coefficient (Wildman–Crippen LogP) is 2.90. The zero-order valence-electron chi connectivity index (χ0n) is 12.2. The number of carbonyl (C=O) groups is 1. The fraction of sp³-hybridized carbons (Fsp3) is 0.111. The van der Waals surface area contributed by atoms with Crippen LogP contribution in [-0.4, -0.2) is 12.5 Å². The average Bonchev–Trinajstić information content (AvgIpc) is 2.55. The molecule has 1 aromatic heterocycles. The maximum Gasteiger partial charge on any atom is 0.287 e. The first kappa shape index (κ1) is 15.0. The van der Waals surface area contributed by atoms with E-state index in [9.17, 15) is 14.0 Å². The van der Waals surface area contributed by atoms with Gasteiger partial charge in [-0.15, -0.1) is 0 Å². The van der Waals surface area contributed by atoms with E-state index in [1.165, 1.54) is 18.2 Å². The minimum atomic E-state index is -0.468. The number of hydrogen-bond acceptors (Lipinski definition) is 3. The summed E-state index contributed by atoms with van der Waals surface area (Å²) in [6.45, 7) is 0.318. The van der Waals surface area contributed by atoms with Crippen molar-refractivity contribution in [3.8, 4) is 0 Å². The summed E-state index contributed by atoms with van der Waals surface area (Å²) in [6.07, 6.45) is 0.487. The van der Waals surface area contributed by atoms with Gasteiger partial charge in [0, 0.05) is 12.6 Å². The molecule has 116 valence electrons. The van der Waals surface area contributed by atoms with Crippen molar-refractivity contribution >= 4 is 16.9 Å². The van der Waals surface area contributed by atoms with Gasteiger partial charge in [-0.1, -0.05) is 24.3 Å². The van der Waals surface area contributed by atoms with Gasteiger partial charge >= 0.3 is 0 Å². The smallest absolute Gasteiger partial charge is 0.287 e. The zero-order valence-corrected chi connectivity index (χ0v) is 12.2. The molecule has 0 bridgehead atoms. The van der Waals surface area contributed by atoms with Crippen LogP contribution in [0.15, 0.2) is 63.8 Å². The fourth-order valence-electron chi connectivity index (χ4n) is 2.32. The lowest BCUT2D eigenvalue weighted by molar-refractivity contribution is 0.0927. The van der Waals surface area contributed by atoms with Gasteiger partial charge in [0.25, 0.3) is 5.91 Å². The Morgan fingerprint density at radius 1 is 1.09 bits per heavy atom. The molecule has 23 heavy (non-hydrogen) atoms. The molecule has 0 fully saturated rings. The van der Waals surface area contributed by atoms with E-state index in [1.54, 1.807) is 36.4 Å². The Hall–Kier alpha value is -2.95. The number of rotatable bonds is 4. The standard InChI is InChI=1S/C18H14FNO3/c19-13-5-3-4-12(10-13)8-9-20-18(22)17-11-15(21)14-6-1-2-7-16(14)23-17/h1-7,10-11H,8-9H2,(H,20,22). The molecular weight excluding hydrogens is 297 g/mol. The number of fused-ring (bicyclic) bond motifs is 1. The first-order valence-corrected chi connectivity index (χ1v) is 7.19. The van der Waals surface area contributed by atoms with Crippen LogP contribution < -0.4 is 10.7 Å². The zero-order chi connectivity index (χ0) is 16.2. The molecule has 0 saturated carbocycles. The maximum atomic E-state index is 13.1. The minimum absolute atomic E-state index is 0.0343. The summed E-state index contributed by atoms with van der Waals surface area (Å²) in [7, 11) is 0. The van der Waals surface area contributed by atoms with Crippen molar-refractivity contribution in [1.29, 1.82) is 0 Å². The molecule has 1 amide bonds. The van der Waals surface area contributed by atoms with Gasteiger partial charge in [0.1, 0.15) is 11.4 Å². The Labute approximate surface area is 131 Å². The molecule has 1 heterocycles. The van der Waals surface area contributed by atoms with Gasteiger partial charge in [0.15, 0.2) is 11.2 Å². The molecule has 0 radical (unpaired) electrons. The normalized spacial score (nSPS) is 10.7. The SMILES string of the molecule is O=C(NCCc1cccc(F)c1)c1cc(=O)c2ccccc2o1. The van der Waals surface area contributed by atoms with Crippen molar-refractivity contribution < 1.29 is 13.6 Å². The van der Waals surface area contributed by atoms with Crippen LogP contribution in [0.1, 0.15) is 16.1 Å². The Kier molecular flexibility index (Phi) is 4.19. The minimum Gasteiger partial charge on any atom is -0.451 e. The van der Waals surface area contributed by atoms with E-state index in [-0.39, 0.29) is 17.0 Å². The second-order valence-corrected chi connectivity index (χ2v) is 5.11. The summed E-state index contributed by atoms with van der Waals surface area (Å²) < 4.78 is 18.5. The molecular formula is C18H14FNO3. The molecule has 4 nitrogen and oxygen atoms in total. The van der Waals surface area contributed by atoms with Crippen LogP contribution in [0.2, 0.25) is 0 Å². The van der Waals surface area contributed by atoms with Crippen LogP contribution in [0, 0.1) is 5.82 Å². The highest BCUT2D eigenvalue weighted by Gasteiger charge is 2.11. The van der Waals surface area contributed by atoms with Crippen LogP contribution in [0.4, 0.5) is 4.39 Å². The molecule has 1 N–H and O–H groups in total. The summed E-state index contributed by atoms with van der Waals surface area (Å²) >= 11 is 0. The van der Waals surface area contributed by atoms with E-state index >= 15 is 0 Å². The number of benzene rings is 2. The van der Waals surface area contributed by atoms with E-state index < -0.39 is 5.91 Å². The maximum absolute atomic E-state index is 13.1.